The van der Waals surface area contributed by atoms with Gasteiger partial charge in [0.05, 0.1) is 28.4 Å². The third-order valence-corrected chi connectivity index (χ3v) is 6.56. The maximum Gasteiger partial charge on any atom is 0.243 e. The molecule has 0 spiro atoms. The van der Waals surface area contributed by atoms with Crippen LogP contribution in [0.3, 0.4) is 0 Å². The highest BCUT2D eigenvalue weighted by atomic mass is 16.5. The summed E-state index contributed by atoms with van der Waals surface area (Å²) in [5.74, 6) is 11.4. The molecule has 0 amide bonds. The van der Waals surface area contributed by atoms with E-state index in [9.17, 15) is 0 Å². The van der Waals surface area contributed by atoms with Crippen molar-refractivity contribution in [1.82, 2.24) is 24.7 Å². The van der Waals surface area contributed by atoms with Crippen LogP contribution in [0.2, 0.25) is 0 Å². The fourth-order valence-electron chi connectivity index (χ4n) is 4.35. The molecule has 0 aliphatic rings. The van der Waals surface area contributed by atoms with E-state index in [1.807, 2.05) is 79.7 Å². The van der Waals surface area contributed by atoms with Crippen LogP contribution in [0.25, 0.3) is 5.82 Å². The molecule has 0 bridgehead atoms. The van der Waals surface area contributed by atoms with Gasteiger partial charge in [0.1, 0.15) is 28.8 Å². The predicted molar refractivity (Wildman–Crippen MR) is 163 cm³/mol. The molecule has 3 aromatic carbocycles. The van der Waals surface area contributed by atoms with Crippen molar-refractivity contribution < 1.29 is 18.9 Å². The lowest BCUT2D eigenvalue weighted by Gasteiger charge is -2.10. The quantitative estimate of drug-likeness (QED) is 0.230. The van der Waals surface area contributed by atoms with Gasteiger partial charge in [-0.3, -0.25) is 0 Å². The summed E-state index contributed by atoms with van der Waals surface area (Å²) >= 11 is 0. The molecular formula is C33H32N6O4. The van der Waals surface area contributed by atoms with Gasteiger partial charge < -0.3 is 24.3 Å². The van der Waals surface area contributed by atoms with Gasteiger partial charge in [0.25, 0.3) is 0 Å². The zero-order valence-electron chi connectivity index (χ0n) is 24.7. The van der Waals surface area contributed by atoms with Gasteiger partial charge in [-0.2, -0.15) is 9.67 Å². The fraction of sp³-hybridized carbons (Fsp3) is 0.212. The van der Waals surface area contributed by atoms with Crippen LogP contribution in [0, 0.1) is 18.8 Å². The Labute approximate surface area is 250 Å². The number of nitrogens with one attached hydrogen (secondary N) is 1. The first kappa shape index (κ1) is 29.0. The van der Waals surface area contributed by atoms with E-state index in [0.29, 0.717) is 53.6 Å². The summed E-state index contributed by atoms with van der Waals surface area (Å²) in [6, 6.07) is 23.0. The van der Waals surface area contributed by atoms with Crippen molar-refractivity contribution in [3.05, 3.63) is 107 Å². The molecule has 0 atom stereocenters. The average Bonchev–Trinajstić information content (AvgIpc) is 3.45. The number of rotatable bonds is 10. The van der Waals surface area contributed by atoms with E-state index in [4.69, 9.17) is 29.0 Å². The maximum absolute atomic E-state index is 5.51. The summed E-state index contributed by atoms with van der Waals surface area (Å²) in [4.78, 5) is 14.0. The molecule has 5 rings (SSSR count). The number of hydrogen-bond donors (Lipinski definition) is 1. The van der Waals surface area contributed by atoms with Gasteiger partial charge in [0.2, 0.25) is 5.95 Å². The Kier molecular flexibility index (Phi) is 9.02. The molecule has 0 saturated carbocycles. The summed E-state index contributed by atoms with van der Waals surface area (Å²) in [7, 11) is 6.51. The van der Waals surface area contributed by atoms with Crippen LogP contribution in [0.5, 0.6) is 23.0 Å². The summed E-state index contributed by atoms with van der Waals surface area (Å²) < 4.78 is 23.1. The number of benzene rings is 3. The van der Waals surface area contributed by atoms with Crippen LogP contribution in [-0.4, -0.2) is 53.2 Å². The van der Waals surface area contributed by atoms with E-state index in [1.165, 1.54) is 0 Å². The zero-order valence-corrected chi connectivity index (χ0v) is 24.7. The second kappa shape index (κ2) is 13.4. The van der Waals surface area contributed by atoms with E-state index >= 15 is 0 Å². The first-order chi connectivity index (χ1) is 21.0. The van der Waals surface area contributed by atoms with Crippen LogP contribution >= 0.6 is 0 Å². The number of methoxy groups -OCH3 is 4. The summed E-state index contributed by atoms with van der Waals surface area (Å²) in [5.41, 5.74) is 3.45. The lowest BCUT2D eigenvalue weighted by Crippen LogP contribution is -2.09. The first-order valence-corrected chi connectivity index (χ1v) is 13.5. The van der Waals surface area contributed by atoms with E-state index < -0.39 is 0 Å². The Morgan fingerprint density at radius 3 is 2.05 bits per heavy atom. The second-order valence-corrected chi connectivity index (χ2v) is 9.47. The molecule has 0 saturated heterocycles. The van der Waals surface area contributed by atoms with Crippen LogP contribution in [-0.2, 0) is 13.0 Å². The minimum absolute atomic E-state index is 0.466. The van der Waals surface area contributed by atoms with E-state index in [1.54, 1.807) is 33.1 Å². The molecule has 0 aliphatic carbocycles. The molecule has 0 radical (unpaired) electrons. The highest BCUT2D eigenvalue weighted by Crippen LogP contribution is 2.29. The minimum Gasteiger partial charge on any atom is -0.497 e. The second-order valence-electron chi connectivity index (χ2n) is 9.47. The molecule has 43 heavy (non-hydrogen) atoms. The molecule has 0 unspecified atom stereocenters. The highest BCUT2D eigenvalue weighted by molar-refractivity contribution is 5.46. The Morgan fingerprint density at radius 1 is 0.698 bits per heavy atom. The number of nitrogens with zero attached hydrogens (tertiary/aromatic N) is 5. The van der Waals surface area contributed by atoms with Gasteiger partial charge in [-0.1, -0.05) is 24.1 Å². The molecule has 1 N–H and O–H groups in total. The van der Waals surface area contributed by atoms with E-state index in [2.05, 4.69) is 27.1 Å². The third-order valence-electron chi connectivity index (χ3n) is 6.56. The van der Waals surface area contributed by atoms with E-state index in [-0.39, 0.29) is 0 Å². The van der Waals surface area contributed by atoms with Crippen LogP contribution in [0.1, 0.15) is 34.0 Å². The normalized spacial score (nSPS) is 10.4. The molecule has 2 heterocycles. The van der Waals surface area contributed by atoms with Crippen LogP contribution in [0.4, 0.5) is 5.95 Å². The van der Waals surface area contributed by atoms with E-state index in [0.717, 1.165) is 28.2 Å². The number of ether oxygens (including phenoxy) is 4. The topological polar surface area (TPSA) is 105 Å². The van der Waals surface area contributed by atoms with Crippen LogP contribution in [0.15, 0.2) is 72.8 Å². The van der Waals surface area contributed by atoms with Crippen molar-refractivity contribution in [2.24, 2.45) is 0 Å². The molecule has 5 aromatic rings. The predicted octanol–water partition coefficient (Wildman–Crippen LogP) is 5.00. The van der Waals surface area contributed by atoms with Crippen LogP contribution < -0.4 is 24.3 Å². The standard InChI is InChI=1S/C33H32N6O4/c1-22-35-26(12-6-23-7-13-27(40-2)14-8-23)20-32(36-22)39-31(19-25-11-17-29(42-4)30(18-25)43-5)37-33(38-39)34-21-24-9-15-28(41-3)16-10-24/h7-11,13-18,20H,19,21H2,1-5H3,(H,34,38). The summed E-state index contributed by atoms with van der Waals surface area (Å²) in [6.45, 7) is 2.36. The van der Waals surface area contributed by atoms with Gasteiger partial charge in [-0.15, -0.1) is 5.10 Å². The molecule has 2 aromatic heterocycles. The highest BCUT2D eigenvalue weighted by Gasteiger charge is 2.16. The van der Waals surface area contributed by atoms with Crippen molar-refractivity contribution in [3.63, 3.8) is 0 Å². The largest absolute Gasteiger partial charge is 0.497 e. The SMILES string of the molecule is COc1ccc(C#Cc2cc(-n3nc(NCc4ccc(OC)cc4)nc3Cc3ccc(OC)c(OC)c3)nc(C)n2)cc1. The smallest absolute Gasteiger partial charge is 0.243 e. The number of hydrogen-bond acceptors (Lipinski definition) is 9. The van der Waals surface area contributed by atoms with Gasteiger partial charge in [-0.05, 0) is 72.5 Å². The number of anilines is 1. The molecule has 0 fully saturated rings. The summed E-state index contributed by atoms with van der Waals surface area (Å²) in [5, 5.41) is 8.11. The first-order valence-electron chi connectivity index (χ1n) is 13.5. The van der Waals surface area contributed by atoms with Crippen molar-refractivity contribution >= 4 is 5.95 Å². The van der Waals surface area contributed by atoms with Crippen molar-refractivity contribution in [1.29, 1.82) is 0 Å². The van der Waals surface area contributed by atoms with Crippen molar-refractivity contribution in [3.8, 4) is 40.7 Å². The van der Waals surface area contributed by atoms with Crippen molar-refractivity contribution in [2.45, 2.75) is 19.9 Å². The van der Waals surface area contributed by atoms with Gasteiger partial charge in [-0.25, -0.2) is 9.97 Å². The molecule has 0 aliphatic heterocycles. The number of aromatic nitrogens is 5. The monoisotopic (exact) mass is 576 g/mol. The zero-order chi connectivity index (χ0) is 30.2. The summed E-state index contributed by atoms with van der Waals surface area (Å²) in [6.07, 6.45) is 0.466. The number of aryl methyl sites for hydroxylation is 1. The molecular weight excluding hydrogens is 544 g/mol. The van der Waals surface area contributed by atoms with Gasteiger partial charge in [0, 0.05) is 24.6 Å². The molecule has 218 valence electrons. The van der Waals surface area contributed by atoms with Crippen molar-refractivity contribution in [2.75, 3.05) is 33.8 Å². The molecule has 10 heteroatoms. The lowest BCUT2D eigenvalue weighted by molar-refractivity contribution is 0.354. The van der Waals surface area contributed by atoms with Gasteiger partial charge >= 0.3 is 0 Å². The average molecular weight is 577 g/mol. The Hall–Kier alpha value is -5.56. The Morgan fingerprint density at radius 2 is 1.37 bits per heavy atom. The fourth-order valence-corrected chi connectivity index (χ4v) is 4.35. The Bertz CT molecular complexity index is 1760. The minimum atomic E-state index is 0.466. The maximum atomic E-state index is 5.51. The third kappa shape index (κ3) is 7.21. The Balaban J connectivity index is 1.48. The van der Waals surface area contributed by atoms with Gasteiger partial charge in [0.15, 0.2) is 17.3 Å². The lowest BCUT2D eigenvalue weighted by atomic mass is 10.1. The molecule has 10 nitrogen and oxygen atoms in total.